The predicted octanol–water partition coefficient (Wildman–Crippen LogP) is 4.44. The van der Waals surface area contributed by atoms with Crippen LogP contribution in [0.2, 0.25) is 0 Å². The summed E-state index contributed by atoms with van der Waals surface area (Å²) < 4.78 is 0. The number of carbonyl (C=O) groups is 2. The Morgan fingerprint density at radius 1 is 0.938 bits per heavy atom. The number of likely N-dealkylation sites (tertiary alicyclic amines) is 1. The molecule has 0 spiro atoms. The Hall–Kier alpha value is -2.66. The monoisotopic (exact) mass is 435 g/mol. The smallest absolute Gasteiger partial charge is 0.252 e. The Morgan fingerprint density at radius 2 is 1.59 bits per heavy atom. The lowest BCUT2D eigenvalue weighted by atomic mass is 10.0. The summed E-state index contributed by atoms with van der Waals surface area (Å²) in [5.74, 6) is -0.0443. The van der Waals surface area contributed by atoms with E-state index in [0.29, 0.717) is 18.5 Å². The van der Waals surface area contributed by atoms with Gasteiger partial charge in [0.2, 0.25) is 5.91 Å². The first-order chi connectivity index (χ1) is 15.4. The molecule has 2 amide bonds. The maximum atomic E-state index is 13.1. The van der Waals surface area contributed by atoms with Crippen molar-refractivity contribution in [3.05, 3.63) is 70.8 Å². The summed E-state index contributed by atoms with van der Waals surface area (Å²) in [6.45, 7) is 9.71. The Labute approximate surface area is 192 Å². The SMILES string of the molecule is Cc1ccccc1C(=O)NC(CC(C)C)C(=O)NCc1ccccc1CN1CCCCC1. The molecule has 2 N–H and O–H groups in total. The fourth-order valence-electron chi connectivity index (χ4n) is 4.31. The molecular formula is C27H37N3O2. The van der Waals surface area contributed by atoms with Crippen LogP contribution in [-0.2, 0) is 17.9 Å². The van der Waals surface area contributed by atoms with Crippen molar-refractivity contribution in [3.8, 4) is 0 Å². The molecule has 5 nitrogen and oxygen atoms in total. The van der Waals surface area contributed by atoms with Gasteiger partial charge in [-0.1, -0.05) is 62.7 Å². The van der Waals surface area contributed by atoms with Gasteiger partial charge in [0.15, 0.2) is 0 Å². The van der Waals surface area contributed by atoms with Crippen LogP contribution in [0.4, 0.5) is 0 Å². The highest BCUT2D eigenvalue weighted by atomic mass is 16.2. The number of carbonyl (C=O) groups excluding carboxylic acids is 2. The van der Waals surface area contributed by atoms with Gasteiger partial charge in [0.25, 0.3) is 5.91 Å². The average molecular weight is 436 g/mol. The highest BCUT2D eigenvalue weighted by molar-refractivity contribution is 5.98. The number of amides is 2. The number of nitrogens with zero attached hydrogens (tertiary/aromatic N) is 1. The summed E-state index contributed by atoms with van der Waals surface area (Å²) >= 11 is 0. The standard InChI is InChI=1S/C27H37N3O2/c1-20(2)17-25(29-26(31)24-14-8-5-11-21(24)3)27(32)28-18-22-12-6-7-13-23(22)19-30-15-9-4-10-16-30/h5-8,11-14,20,25H,4,9-10,15-19H2,1-3H3,(H,28,32)(H,29,31). The zero-order valence-electron chi connectivity index (χ0n) is 19.7. The van der Waals surface area contributed by atoms with Crippen molar-refractivity contribution in [1.82, 2.24) is 15.5 Å². The Morgan fingerprint density at radius 3 is 2.28 bits per heavy atom. The van der Waals surface area contributed by atoms with Gasteiger partial charge in [-0.2, -0.15) is 0 Å². The first kappa shape index (κ1) is 24.0. The molecule has 2 aromatic carbocycles. The Balaban J connectivity index is 1.64. The molecule has 0 saturated carbocycles. The Kier molecular flexibility index (Phi) is 8.86. The molecule has 1 aliphatic rings. The third kappa shape index (κ3) is 6.92. The van der Waals surface area contributed by atoms with Crippen molar-refractivity contribution in [2.75, 3.05) is 13.1 Å². The van der Waals surface area contributed by atoms with E-state index in [4.69, 9.17) is 0 Å². The van der Waals surface area contributed by atoms with Gasteiger partial charge < -0.3 is 10.6 Å². The van der Waals surface area contributed by atoms with Gasteiger partial charge in [0.05, 0.1) is 0 Å². The number of hydrogen-bond donors (Lipinski definition) is 2. The summed E-state index contributed by atoms with van der Waals surface area (Å²) in [6.07, 6.45) is 4.44. The minimum atomic E-state index is -0.559. The molecule has 1 atom stereocenters. The van der Waals surface area contributed by atoms with Gasteiger partial charge in [-0.15, -0.1) is 0 Å². The topological polar surface area (TPSA) is 61.4 Å². The van der Waals surface area contributed by atoms with E-state index in [1.54, 1.807) is 6.07 Å². The van der Waals surface area contributed by atoms with E-state index >= 15 is 0 Å². The molecule has 0 aliphatic carbocycles. The van der Waals surface area contributed by atoms with Crippen molar-refractivity contribution in [2.45, 2.75) is 65.6 Å². The normalized spacial score (nSPS) is 15.4. The van der Waals surface area contributed by atoms with Gasteiger partial charge in [-0.05, 0) is 68.0 Å². The van der Waals surface area contributed by atoms with Crippen molar-refractivity contribution < 1.29 is 9.59 Å². The number of nitrogens with one attached hydrogen (secondary N) is 2. The van der Waals surface area contributed by atoms with Crippen LogP contribution in [0.25, 0.3) is 0 Å². The van der Waals surface area contributed by atoms with Crippen molar-refractivity contribution in [3.63, 3.8) is 0 Å². The lowest BCUT2D eigenvalue weighted by Gasteiger charge is -2.27. The van der Waals surface area contributed by atoms with Crippen LogP contribution >= 0.6 is 0 Å². The van der Waals surface area contributed by atoms with E-state index in [9.17, 15) is 9.59 Å². The van der Waals surface area contributed by atoms with Crippen LogP contribution in [-0.4, -0.2) is 35.8 Å². The van der Waals surface area contributed by atoms with Gasteiger partial charge in [0, 0.05) is 18.7 Å². The molecule has 3 rings (SSSR count). The molecule has 1 aliphatic heterocycles. The quantitative estimate of drug-likeness (QED) is 0.612. The minimum absolute atomic E-state index is 0.131. The third-order valence-corrected chi connectivity index (χ3v) is 6.13. The minimum Gasteiger partial charge on any atom is -0.350 e. The van der Waals surface area contributed by atoms with Crippen LogP contribution in [0.3, 0.4) is 0 Å². The van der Waals surface area contributed by atoms with Crippen LogP contribution in [0.5, 0.6) is 0 Å². The molecule has 5 heteroatoms. The fraction of sp³-hybridized carbons (Fsp3) is 0.481. The van der Waals surface area contributed by atoms with Gasteiger partial charge in [0.1, 0.15) is 6.04 Å². The first-order valence-corrected chi connectivity index (χ1v) is 11.9. The van der Waals surface area contributed by atoms with Crippen LogP contribution in [0.1, 0.15) is 66.6 Å². The van der Waals surface area contributed by atoms with E-state index in [1.807, 2.05) is 31.2 Å². The fourth-order valence-corrected chi connectivity index (χ4v) is 4.31. The number of hydrogen-bond acceptors (Lipinski definition) is 3. The third-order valence-electron chi connectivity index (χ3n) is 6.13. The zero-order valence-corrected chi connectivity index (χ0v) is 19.7. The highest BCUT2D eigenvalue weighted by Crippen LogP contribution is 2.16. The van der Waals surface area contributed by atoms with Crippen LogP contribution in [0, 0.1) is 12.8 Å². The lowest BCUT2D eigenvalue weighted by Crippen LogP contribution is -2.47. The maximum Gasteiger partial charge on any atom is 0.252 e. The molecule has 32 heavy (non-hydrogen) atoms. The van der Waals surface area contributed by atoms with Crippen molar-refractivity contribution >= 4 is 11.8 Å². The van der Waals surface area contributed by atoms with Crippen molar-refractivity contribution in [2.24, 2.45) is 5.92 Å². The van der Waals surface area contributed by atoms with Crippen LogP contribution < -0.4 is 10.6 Å². The molecule has 1 saturated heterocycles. The van der Waals surface area contributed by atoms with Gasteiger partial charge in [-0.25, -0.2) is 0 Å². The molecular weight excluding hydrogens is 398 g/mol. The molecule has 1 unspecified atom stereocenters. The number of rotatable bonds is 9. The van der Waals surface area contributed by atoms with E-state index in [-0.39, 0.29) is 17.7 Å². The summed E-state index contributed by atoms with van der Waals surface area (Å²) in [4.78, 5) is 28.4. The molecule has 1 fully saturated rings. The van der Waals surface area contributed by atoms with Gasteiger partial charge in [-0.3, -0.25) is 14.5 Å². The summed E-state index contributed by atoms with van der Waals surface area (Å²) in [5, 5.41) is 6.04. The summed E-state index contributed by atoms with van der Waals surface area (Å²) in [5.41, 5.74) is 3.92. The maximum absolute atomic E-state index is 13.1. The second-order valence-corrected chi connectivity index (χ2v) is 9.29. The van der Waals surface area contributed by atoms with Crippen molar-refractivity contribution in [1.29, 1.82) is 0 Å². The second-order valence-electron chi connectivity index (χ2n) is 9.29. The summed E-state index contributed by atoms with van der Waals surface area (Å²) in [6, 6.07) is 15.2. The number of piperidine rings is 1. The average Bonchev–Trinajstić information content (AvgIpc) is 2.78. The molecule has 172 valence electrons. The van der Waals surface area contributed by atoms with E-state index in [1.165, 1.54) is 24.8 Å². The Bertz CT molecular complexity index is 903. The van der Waals surface area contributed by atoms with E-state index < -0.39 is 6.04 Å². The van der Waals surface area contributed by atoms with E-state index in [0.717, 1.165) is 30.8 Å². The highest BCUT2D eigenvalue weighted by Gasteiger charge is 2.23. The molecule has 1 heterocycles. The molecule has 0 aromatic heterocycles. The van der Waals surface area contributed by atoms with Crippen LogP contribution in [0.15, 0.2) is 48.5 Å². The summed E-state index contributed by atoms with van der Waals surface area (Å²) in [7, 11) is 0. The lowest BCUT2D eigenvalue weighted by molar-refractivity contribution is -0.123. The second kappa shape index (κ2) is 11.8. The van der Waals surface area contributed by atoms with E-state index in [2.05, 4.69) is 47.6 Å². The molecule has 0 radical (unpaired) electrons. The predicted molar refractivity (Wildman–Crippen MR) is 129 cm³/mol. The first-order valence-electron chi connectivity index (χ1n) is 11.9. The molecule has 2 aromatic rings. The molecule has 0 bridgehead atoms. The number of aryl methyl sites for hydroxylation is 1. The zero-order chi connectivity index (χ0) is 22.9. The number of benzene rings is 2. The largest absolute Gasteiger partial charge is 0.350 e. The van der Waals surface area contributed by atoms with Gasteiger partial charge >= 0.3 is 0 Å².